The molecule has 2 aromatic rings. The molecule has 5 nitrogen and oxygen atoms in total. The monoisotopic (exact) mass is 350 g/mol. The minimum Gasteiger partial charge on any atom is -0.309 e. The maximum Gasteiger partial charge on any atom is 0.250 e. The van der Waals surface area contributed by atoms with E-state index in [1.165, 1.54) is 16.7 Å². The second kappa shape index (κ2) is 8.74. The van der Waals surface area contributed by atoms with E-state index in [2.05, 4.69) is 22.4 Å². The predicted molar refractivity (Wildman–Crippen MR) is 105 cm³/mol. The fourth-order valence-electron chi connectivity index (χ4n) is 3.16. The third kappa shape index (κ3) is 4.56. The standard InChI is InChI=1S/C21H26N4O/c1-24(2)13-4-7-21(26)25(14-10-17-8-11-22-12-9-17)20-6-3-5-18-15-23-16-19(18)20/h3-9,11-12,23H,10,13-16H2,1-2H3/b7-4+. The second-order valence-corrected chi connectivity index (χ2v) is 6.78. The number of likely N-dealkylation sites (N-methyl/N-ethyl adjacent to an activating group) is 1. The number of aromatic nitrogens is 1. The lowest BCUT2D eigenvalue weighted by Crippen LogP contribution is -2.32. The van der Waals surface area contributed by atoms with E-state index in [4.69, 9.17) is 0 Å². The van der Waals surface area contributed by atoms with Crippen LogP contribution in [0, 0.1) is 0 Å². The van der Waals surface area contributed by atoms with Gasteiger partial charge in [-0.3, -0.25) is 9.78 Å². The number of benzene rings is 1. The summed E-state index contributed by atoms with van der Waals surface area (Å²) in [7, 11) is 3.98. The maximum atomic E-state index is 12.9. The van der Waals surface area contributed by atoms with Crippen molar-refractivity contribution in [1.82, 2.24) is 15.2 Å². The number of carbonyl (C=O) groups is 1. The highest BCUT2D eigenvalue weighted by molar-refractivity contribution is 6.02. The Morgan fingerprint density at radius 1 is 1.19 bits per heavy atom. The van der Waals surface area contributed by atoms with Crippen LogP contribution in [0.3, 0.4) is 0 Å². The molecule has 136 valence electrons. The van der Waals surface area contributed by atoms with Crippen LogP contribution in [0.25, 0.3) is 0 Å². The molecule has 0 spiro atoms. The van der Waals surface area contributed by atoms with Gasteiger partial charge in [-0.05, 0) is 55.4 Å². The molecule has 1 amide bonds. The molecule has 0 saturated carbocycles. The average molecular weight is 350 g/mol. The number of pyridine rings is 1. The first-order valence-corrected chi connectivity index (χ1v) is 8.98. The summed E-state index contributed by atoms with van der Waals surface area (Å²) in [5, 5.41) is 3.38. The fourth-order valence-corrected chi connectivity index (χ4v) is 3.16. The van der Waals surface area contributed by atoms with E-state index in [-0.39, 0.29) is 5.91 Å². The van der Waals surface area contributed by atoms with Crippen LogP contribution in [-0.4, -0.2) is 43.0 Å². The first-order chi connectivity index (χ1) is 12.6. The number of hydrogen-bond acceptors (Lipinski definition) is 4. The number of rotatable bonds is 7. The molecule has 1 aliphatic rings. The summed E-state index contributed by atoms with van der Waals surface area (Å²) in [5.41, 5.74) is 4.71. The number of nitrogens with zero attached hydrogens (tertiary/aromatic N) is 3. The summed E-state index contributed by atoms with van der Waals surface area (Å²) in [6.45, 7) is 3.07. The molecule has 1 N–H and O–H groups in total. The van der Waals surface area contributed by atoms with Crippen LogP contribution in [0.2, 0.25) is 0 Å². The van der Waals surface area contributed by atoms with Crippen LogP contribution >= 0.6 is 0 Å². The van der Waals surface area contributed by atoms with E-state index in [9.17, 15) is 4.79 Å². The number of fused-ring (bicyclic) bond motifs is 1. The van der Waals surface area contributed by atoms with Gasteiger partial charge in [-0.15, -0.1) is 0 Å². The van der Waals surface area contributed by atoms with Gasteiger partial charge < -0.3 is 15.1 Å². The third-order valence-corrected chi connectivity index (χ3v) is 4.53. The molecule has 5 heteroatoms. The van der Waals surface area contributed by atoms with Crippen molar-refractivity contribution in [2.24, 2.45) is 0 Å². The summed E-state index contributed by atoms with van der Waals surface area (Å²) in [6.07, 6.45) is 8.00. The zero-order valence-electron chi connectivity index (χ0n) is 15.5. The molecule has 0 aliphatic carbocycles. The topological polar surface area (TPSA) is 48.5 Å². The smallest absolute Gasteiger partial charge is 0.250 e. The lowest BCUT2D eigenvalue weighted by Gasteiger charge is -2.24. The lowest BCUT2D eigenvalue weighted by molar-refractivity contribution is -0.114. The Kier molecular flexibility index (Phi) is 6.15. The van der Waals surface area contributed by atoms with Crippen molar-refractivity contribution in [3.05, 3.63) is 71.6 Å². The average Bonchev–Trinajstić information content (AvgIpc) is 3.12. The molecule has 0 atom stereocenters. The molecule has 0 saturated heterocycles. The molecular formula is C21H26N4O. The minimum absolute atomic E-state index is 0.0289. The van der Waals surface area contributed by atoms with E-state index in [1.807, 2.05) is 48.2 Å². The molecule has 26 heavy (non-hydrogen) atoms. The van der Waals surface area contributed by atoms with E-state index in [0.717, 1.165) is 31.7 Å². The minimum atomic E-state index is 0.0289. The molecule has 3 rings (SSSR count). The van der Waals surface area contributed by atoms with E-state index in [1.54, 1.807) is 18.5 Å². The summed E-state index contributed by atoms with van der Waals surface area (Å²) < 4.78 is 0. The number of anilines is 1. The molecule has 2 heterocycles. The van der Waals surface area contributed by atoms with Crippen molar-refractivity contribution < 1.29 is 4.79 Å². The van der Waals surface area contributed by atoms with Gasteiger partial charge in [-0.25, -0.2) is 0 Å². The predicted octanol–water partition coefficient (Wildman–Crippen LogP) is 2.38. The van der Waals surface area contributed by atoms with Crippen LogP contribution in [0.1, 0.15) is 16.7 Å². The van der Waals surface area contributed by atoms with Crippen LogP contribution in [0.5, 0.6) is 0 Å². The molecule has 0 unspecified atom stereocenters. The highest BCUT2D eigenvalue weighted by Crippen LogP contribution is 2.28. The van der Waals surface area contributed by atoms with Gasteiger partial charge in [0.1, 0.15) is 0 Å². The number of hydrogen-bond donors (Lipinski definition) is 1. The van der Waals surface area contributed by atoms with Gasteiger partial charge >= 0.3 is 0 Å². The normalized spacial score (nSPS) is 13.3. The summed E-state index contributed by atoms with van der Waals surface area (Å²) >= 11 is 0. The van der Waals surface area contributed by atoms with Crippen LogP contribution < -0.4 is 10.2 Å². The van der Waals surface area contributed by atoms with Gasteiger partial charge in [0, 0.05) is 50.3 Å². The highest BCUT2D eigenvalue weighted by atomic mass is 16.2. The molecular weight excluding hydrogens is 324 g/mol. The molecule has 1 aromatic carbocycles. The van der Waals surface area contributed by atoms with E-state index >= 15 is 0 Å². The van der Waals surface area contributed by atoms with E-state index in [0.29, 0.717) is 6.54 Å². The van der Waals surface area contributed by atoms with Crippen molar-refractivity contribution in [1.29, 1.82) is 0 Å². The second-order valence-electron chi connectivity index (χ2n) is 6.78. The third-order valence-electron chi connectivity index (χ3n) is 4.53. The molecule has 0 fully saturated rings. The van der Waals surface area contributed by atoms with Gasteiger partial charge in [0.25, 0.3) is 5.91 Å². The Morgan fingerprint density at radius 2 is 2.00 bits per heavy atom. The zero-order valence-corrected chi connectivity index (χ0v) is 15.5. The Balaban J connectivity index is 1.83. The van der Waals surface area contributed by atoms with Crippen LogP contribution in [-0.2, 0) is 24.3 Å². The Bertz CT molecular complexity index is 771. The Labute approximate surface area is 155 Å². The number of carbonyl (C=O) groups excluding carboxylic acids is 1. The summed E-state index contributed by atoms with van der Waals surface area (Å²) in [5.74, 6) is 0.0289. The van der Waals surface area contributed by atoms with Crippen molar-refractivity contribution in [2.45, 2.75) is 19.5 Å². The van der Waals surface area contributed by atoms with Gasteiger partial charge in [0.05, 0.1) is 0 Å². The lowest BCUT2D eigenvalue weighted by atomic mass is 10.1. The number of nitrogens with one attached hydrogen (secondary N) is 1. The SMILES string of the molecule is CN(C)C/C=C/C(=O)N(CCc1ccncc1)c1cccc2c1CNC2. The molecule has 0 bridgehead atoms. The Morgan fingerprint density at radius 3 is 2.77 bits per heavy atom. The summed E-state index contributed by atoms with van der Waals surface area (Å²) in [4.78, 5) is 20.9. The maximum absolute atomic E-state index is 12.9. The first kappa shape index (κ1) is 18.3. The summed E-state index contributed by atoms with van der Waals surface area (Å²) in [6, 6.07) is 10.2. The first-order valence-electron chi connectivity index (χ1n) is 8.98. The van der Waals surface area contributed by atoms with Crippen molar-refractivity contribution >= 4 is 11.6 Å². The zero-order chi connectivity index (χ0) is 18.4. The Hall–Kier alpha value is -2.50. The molecule has 1 aromatic heterocycles. The molecule has 1 aliphatic heterocycles. The van der Waals surface area contributed by atoms with Gasteiger partial charge in [0.2, 0.25) is 0 Å². The van der Waals surface area contributed by atoms with Crippen LogP contribution in [0.4, 0.5) is 5.69 Å². The van der Waals surface area contributed by atoms with Crippen molar-refractivity contribution in [3.63, 3.8) is 0 Å². The van der Waals surface area contributed by atoms with Crippen molar-refractivity contribution in [3.8, 4) is 0 Å². The van der Waals surface area contributed by atoms with Crippen LogP contribution in [0.15, 0.2) is 54.9 Å². The van der Waals surface area contributed by atoms with Gasteiger partial charge in [0.15, 0.2) is 0 Å². The van der Waals surface area contributed by atoms with Gasteiger partial charge in [-0.2, -0.15) is 0 Å². The molecule has 0 radical (unpaired) electrons. The highest BCUT2D eigenvalue weighted by Gasteiger charge is 2.21. The number of amides is 1. The van der Waals surface area contributed by atoms with Gasteiger partial charge in [-0.1, -0.05) is 18.2 Å². The van der Waals surface area contributed by atoms with Crippen molar-refractivity contribution in [2.75, 3.05) is 32.1 Å². The largest absolute Gasteiger partial charge is 0.309 e. The fraction of sp³-hybridized carbons (Fsp3) is 0.333. The van der Waals surface area contributed by atoms with E-state index < -0.39 is 0 Å². The quantitative estimate of drug-likeness (QED) is 0.779.